The van der Waals surface area contributed by atoms with Crippen LogP contribution in [0.4, 0.5) is 0 Å². The molecule has 0 aliphatic carbocycles. The van der Waals surface area contributed by atoms with Crippen molar-refractivity contribution in [3.05, 3.63) is 0 Å². The molecule has 4 nitrogen and oxygen atoms in total. The summed E-state index contributed by atoms with van der Waals surface area (Å²) < 4.78 is 0. The van der Waals surface area contributed by atoms with E-state index < -0.39 is 5.41 Å². The van der Waals surface area contributed by atoms with E-state index in [0.717, 1.165) is 19.6 Å². The van der Waals surface area contributed by atoms with Crippen molar-refractivity contribution < 1.29 is 15.3 Å². The van der Waals surface area contributed by atoms with Gasteiger partial charge in [-0.25, -0.2) is 0 Å². The lowest BCUT2D eigenvalue weighted by Crippen LogP contribution is -2.35. The summed E-state index contributed by atoms with van der Waals surface area (Å²) in [6.45, 7) is 2.65. The zero-order chi connectivity index (χ0) is 9.03. The molecule has 0 aromatic rings. The molecule has 0 bridgehead atoms. The van der Waals surface area contributed by atoms with Crippen LogP contribution in [-0.2, 0) is 0 Å². The maximum absolute atomic E-state index is 8.97. The molecule has 3 N–H and O–H groups in total. The number of hydrogen-bond acceptors (Lipinski definition) is 4. The Morgan fingerprint density at radius 2 is 1.50 bits per heavy atom. The molecule has 1 saturated heterocycles. The molecule has 0 aromatic carbocycles. The molecule has 0 amide bonds. The first-order valence-corrected chi connectivity index (χ1v) is 4.31. The van der Waals surface area contributed by atoms with Crippen LogP contribution in [0.5, 0.6) is 0 Å². The van der Waals surface area contributed by atoms with Crippen LogP contribution < -0.4 is 0 Å². The smallest absolute Gasteiger partial charge is 0.0532 e. The van der Waals surface area contributed by atoms with Crippen LogP contribution in [0, 0.1) is 5.41 Å². The lowest BCUT2D eigenvalue weighted by atomic mass is 9.87. The highest BCUT2D eigenvalue weighted by Crippen LogP contribution is 2.21. The topological polar surface area (TPSA) is 63.7 Å². The van der Waals surface area contributed by atoms with Gasteiger partial charge in [-0.1, -0.05) is 0 Å². The fraction of sp³-hybridized carbons (Fsp3) is 1.00. The van der Waals surface area contributed by atoms with Gasteiger partial charge in [-0.3, -0.25) is 0 Å². The molecule has 1 rings (SSSR count). The van der Waals surface area contributed by atoms with Gasteiger partial charge in [0.25, 0.3) is 0 Å². The van der Waals surface area contributed by atoms with Crippen molar-refractivity contribution in [1.29, 1.82) is 0 Å². The van der Waals surface area contributed by atoms with Crippen molar-refractivity contribution >= 4 is 0 Å². The molecule has 0 atom stereocenters. The van der Waals surface area contributed by atoms with Crippen LogP contribution in [0.1, 0.15) is 6.42 Å². The summed E-state index contributed by atoms with van der Waals surface area (Å²) in [7, 11) is 0. The van der Waals surface area contributed by atoms with Gasteiger partial charge in [-0.05, 0) is 13.0 Å². The zero-order valence-corrected chi connectivity index (χ0v) is 7.24. The maximum atomic E-state index is 8.97. The molecule has 0 unspecified atom stereocenters. The third-order valence-corrected chi connectivity index (χ3v) is 2.50. The summed E-state index contributed by atoms with van der Waals surface area (Å²) in [4.78, 5) is 2.20. The van der Waals surface area contributed by atoms with E-state index in [4.69, 9.17) is 15.3 Å². The number of aliphatic hydroxyl groups is 3. The Labute approximate surface area is 72.4 Å². The van der Waals surface area contributed by atoms with Crippen molar-refractivity contribution in [3.63, 3.8) is 0 Å². The Morgan fingerprint density at radius 3 is 1.83 bits per heavy atom. The van der Waals surface area contributed by atoms with Gasteiger partial charge in [0, 0.05) is 18.5 Å². The average Bonchev–Trinajstić information content (AvgIpc) is 2.92. The molecule has 1 fully saturated rings. The first-order valence-electron chi connectivity index (χ1n) is 4.31. The van der Waals surface area contributed by atoms with Crippen molar-refractivity contribution in [2.24, 2.45) is 5.41 Å². The molecule has 0 radical (unpaired) electrons. The van der Waals surface area contributed by atoms with Crippen LogP contribution in [0.15, 0.2) is 0 Å². The molecular weight excluding hydrogens is 158 g/mol. The minimum atomic E-state index is -0.678. The Balaban J connectivity index is 2.28. The predicted octanol–water partition coefficient (Wildman–Crippen LogP) is -1.34. The van der Waals surface area contributed by atoms with E-state index in [9.17, 15) is 0 Å². The third-order valence-electron chi connectivity index (χ3n) is 2.50. The second kappa shape index (κ2) is 4.18. The summed E-state index contributed by atoms with van der Waals surface area (Å²) in [6, 6.07) is 0. The molecule has 0 aromatic heterocycles. The second-order valence-corrected chi connectivity index (χ2v) is 3.57. The van der Waals surface area contributed by atoms with E-state index in [1.54, 1.807) is 0 Å². The molecule has 4 heteroatoms. The van der Waals surface area contributed by atoms with E-state index in [2.05, 4.69) is 4.90 Å². The second-order valence-electron chi connectivity index (χ2n) is 3.57. The fourth-order valence-corrected chi connectivity index (χ4v) is 1.08. The molecule has 72 valence electrons. The van der Waals surface area contributed by atoms with Gasteiger partial charge in [-0.2, -0.15) is 0 Å². The van der Waals surface area contributed by atoms with Gasteiger partial charge >= 0.3 is 0 Å². The first-order chi connectivity index (χ1) is 5.76. The van der Waals surface area contributed by atoms with Crippen molar-refractivity contribution in [2.45, 2.75) is 6.42 Å². The minimum absolute atomic E-state index is 0.145. The van der Waals surface area contributed by atoms with Crippen LogP contribution in [0.2, 0.25) is 0 Å². The standard InChI is InChI=1S/C8H17NO3/c10-5-8(6-11,7-12)1-2-9-3-4-9/h10-12H,1-7H2. The minimum Gasteiger partial charge on any atom is -0.396 e. The van der Waals surface area contributed by atoms with E-state index in [0.29, 0.717) is 6.42 Å². The van der Waals surface area contributed by atoms with Gasteiger partial charge in [0.1, 0.15) is 0 Å². The summed E-state index contributed by atoms with van der Waals surface area (Å²) in [5.41, 5.74) is -0.678. The molecular formula is C8H17NO3. The lowest BCUT2D eigenvalue weighted by Gasteiger charge is -2.27. The van der Waals surface area contributed by atoms with Crippen LogP contribution in [0.3, 0.4) is 0 Å². The van der Waals surface area contributed by atoms with E-state index in [1.165, 1.54) is 0 Å². The van der Waals surface area contributed by atoms with Gasteiger partial charge in [-0.15, -0.1) is 0 Å². The SMILES string of the molecule is OCC(CO)(CO)CCN1CC1. The Hall–Kier alpha value is -0.160. The average molecular weight is 175 g/mol. The Morgan fingerprint density at radius 1 is 1.00 bits per heavy atom. The van der Waals surface area contributed by atoms with E-state index >= 15 is 0 Å². The van der Waals surface area contributed by atoms with E-state index in [-0.39, 0.29) is 19.8 Å². The Kier molecular flexibility index (Phi) is 3.46. The number of aliphatic hydroxyl groups excluding tert-OH is 3. The molecule has 12 heavy (non-hydrogen) atoms. The lowest BCUT2D eigenvalue weighted by molar-refractivity contribution is -0.00251. The first kappa shape index (κ1) is 9.92. The quantitative estimate of drug-likeness (QED) is 0.437. The molecule has 1 aliphatic heterocycles. The van der Waals surface area contributed by atoms with E-state index in [1.807, 2.05) is 0 Å². The number of nitrogens with zero attached hydrogens (tertiary/aromatic N) is 1. The molecule has 0 saturated carbocycles. The van der Waals surface area contributed by atoms with Crippen LogP contribution in [-0.4, -0.2) is 59.7 Å². The maximum Gasteiger partial charge on any atom is 0.0532 e. The van der Waals surface area contributed by atoms with Crippen molar-refractivity contribution in [3.8, 4) is 0 Å². The van der Waals surface area contributed by atoms with Gasteiger partial charge < -0.3 is 20.2 Å². The third kappa shape index (κ3) is 2.42. The summed E-state index contributed by atoms with van der Waals surface area (Å²) in [5, 5.41) is 26.9. The molecule has 1 aliphatic rings. The van der Waals surface area contributed by atoms with Gasteiger partial charge in [0.2, 0.25) is 0 Å². The normalized spacial score (nSPS) is 18.2. The highest BCUT2D eigenvalue weighted by Gasteiger charge is 2.30. The fourth-order valence-electron chi connectivity index (χ4n) is 1.08. The predicted molar refractivity (Wildman–Crippen MR) is 44.7 cm³/mol. The Bertz CT molecular complexity index is 124. The summed E-state index contributed by atoms with van der Waals surface area (Å²) in [5.74, 6) is 0. The highest BCUT2D eigenvalue weighted by atomic mass is 16.3. The molecule has 1 heterocycles. The number of hydrogen-bond donors (Lipinski definition) is 3. The van der Waals surface area contributed by atoms with Gasteiger partial charge in [0.15, 0.2) is 0 Å². The van der Waals surface area contributed by atoms with Crippen LogP contribution in [0.25, 0.3) is 0 Å². The highest BCUT2D eigenvalue weighted by molar-refractivity contribution is 4.81. The number of rotatable bonds is 6. The summed E-state index contributed by atoms with van der Waals surface area (Å²) >= 11 is 0. The largest absolute Gasteiger partial charge is 0.396 e. The van der Waals surface area contributed by atoms with Gasteiger partial charge in [0.05, 0.1) is 19.8 Å². The van der Waals surface area contributed by atoms with Crippen LogP contribution >= 0.6 is 0 Å². The summed E-state index contributed by atoms with van der Waals surface area (Å²) in [6.07, 6.45) is 0.663. The molecule has 0 spiro atoms. The van der Waals surface area contributed by atoms with Crippen molar-refractivity contribution in [1.82, 2.24) is 4.90 Å². The monoisotopic (exact) mass is 175 g/mol. The van der Waals surface area contributed by atoms with Crippen molar-refractivity contribution in [2.75, 3.05) is 39.5 Å². The zero-order valence-electron chi connectivity index (χ0n) is 7.24.